The highest BCUT2D eigenvalue weighted by molar-refractivity contribution is 6.16. The average Bonchev–Trinajstić information content (AvgIpc) is 2.74. The van der Waals surface area contributed by atoms with Gasteiger partial charge in [0.25, 0.3) is 0 Å². The smallest absolute Gasteiger partial charge is 0.125 e. The summed E-state index contributed by atoms with van der Waals surface area (Å²) in [5.74, 6) is 4.59. The standard InChI is InChI=1S/C14H15ClN2O/c1-3-7-17-13-6-5-11(18-8-4-2)9-12(13)16-14(17)10-15/h1,5-6,9H,4,7-8,10H2,2H3. The van der Waals surface area contributed by atoms with E-state index in [1.165, 1.54) is 0 Å². The molecule has 0 aliphatic rings. The Balaban J connectivity index is 2.42. The molecule has 1 aromatic carbocycles. The maximum Gasteiger partial charge on any atom is 0.125 e. The van der Waals surface area contributed by atoms with Crippen molar-refractivity contribution in [1.82, 2.24) is 9.55 Å². The number of hydrogen-bond donors (Lipinski definition) is 0. The third-order valence-corrected chi connectivity index (χ3v) is 2.88. The van der Waals surface area contributed by atoms with Gasteiger partial charge in [-0.1, -0.05) is 12.8 Å². The van der Waals surface area contributed by atoms with Crippen molar-refractivity contribution in [2.45, 2.75) is 25.8 Å². The number of halogens is 1. The monoisotopic (exact) mass is 262 g/mol. The van der Waals surface area contributed by atoms with E-state index in [0.29, 0.717) is 19.0 Å². The quantitative estimate of drug-likeness (QED) is 0.611. The molecule has 0 N–H and O–H groups in total. The summed E-state index contributed by atoms with van der Waals surface area (Å²) in [7, 11) is 0. The van der Waals surface area contributed by atoms with Crippen LogP contribution < -0.4 is 4.74 Å². The predicted octanol–water partition coefficient (Wildman–Crippen LogP) is 3.20. The molecule has 0 saturated heterocycles. The van der Waals surface area contributed by atoms with Gasteiger partial charge in [0.2, 0.25) is 0 Å². The lowest BCUT2D eigenvalue weighted by atomic mass is 10.3. The van der Waals surface area contributed by atoms with Crippen LogP contribution in [0.2, 0.25) is 0 Å². The summed E-state index contributed by atoms with van der Waals surface area (Å²) < 4.78 is 7.53. The van der Waals surface area contributed by atoms with Gasteiger partial charge in [0.15, 0.2) is 0 Å². The maximum absolute atomic E-state index is 5.88. The summed E-state index contributed by atoms with van der Waals surface area (Å²) in [4.78, 5) is 4.47. The van der Waals surface area contributed by atoms with Gasteiger partial charge >= 0.3 is 0 Å². The molecular formula is C14H15ClN2O. The van der Waals surface area contributed by atoms with E-state index in [4.69, 9.17) is 22.8 Å². The molecule has 4 heteroatoms. The number of aromatic nitrogens is 2. The van der Waals surface area contributed by atoms with Gasteiger partial charge in [-0.05, 0) is 18.6 Å². The van der Waals surface area contributed by atoms with E-state index < -0.39 is 0 Å². The molecule has 0 amide bonds. The molecule has 1 heterocycles. The number of nitrogens with zero attached hydrogens (tertiary/aromatic N) is 2. The van der Waals surface area contributed by atoms with Crippen LogP contribution in [0, 0.1) is 12.3 Å². The molecule has 0 fully saturated rings. The summed E-state index contributed by atoms with van der Waals surface area (Å²) in [6, 6.07) is 5.83. The first-order valence-corrected chi connectivity index (χ1v) is 6.45. The Bertz CT molecular complexity index is 583. The van der Waals surface area contributed by atoms with Crippen LogP contribution in [0.1, 0.15) is 19.2 Å². The van der Waals surface area contributed by atoms with Gasteiger partial charge in [0.05, 0.1) is 30.1 Å². The summed E-state index contributed by atoms with van der Waals surface area (Å²) in [5.41, 5.74) is 1.86. The van der Waals surface area contributed by atoms with Crippen molar-refractivity contribution in [1.29, 1.82) is 0 Å². The average molecular weight is 263 g/mol. The first-order chi connectivity index (χ1) is 8.80. The number of terminal acetylenes is 1. The SMILES string of the molecule is C#CCn1c(CCl)nc2cc(OCCC)ccc21. The van der Waals surface area contributed by atoms with Crippen LogP contribution >= 0.6 is 11.6 Å². The lowest BCUT2D eigenvalue weighted by molar-refractivity contribution is 0.318. The van der Waals surface area contributed by atoms with E-state index >= 15 is 0 Å². The molecule has 2 aromatic rings. The second-order valence-corrected chi connectivity index (χ2v) is 4.22. The highest BCUT2D eigenvalue weighted by Gasteiger charge is 2.09. The van der Waals surface area contributed by atoms with Crippen molar-refractivity contribution < 1.29 is 4.74 Å². The van der Waals surface area contributed by atoms with Gasteiger partial charge < -0.3 is 9.30 Å². The molecule has 1 aromatic heterocycles. The molecule has 0 aliphatic carbocycles. The van der Waals surface area contributed by atoms with E-state index in [0.717, 1.165) is 29.0 Å². The Labute approximate surface area is 112 Å². The lowest BCUT2D eigenvalue weighted by Gasteiger charge is -2.05. The van der Waals surface area contributed by atoms with Gasteiger partial charge in [-0.3, -0.25) is 0 Å². The highest BCUT2D eigenvalue weighted by atomic mass is 35.5. The molecule has 0 saturated carbocycles. The number of ether oxygens (including phenoxy) is 1. The number of hydrogen-bond acceptors (Lipinski definition) is 2. The first kappa shape index (κ1) is 12.8. The molecule has 0 aliphatic heterocycles. The minimum absolute atomic E-state index is 0.349. The van der Waals surface area contributed by atoms with Crippen molar-refractivity contribution >= 4 is 22.6 Å². The molecule has 0 radical (unpaired) electrons. The van der Waals surface area contributed by atoms with Crippen LogP contribution in [0.25, 0.3) is 11.0 Å². The van der Waals surface area contributed by atoms with Gasteiger partial charge in [-0.25, -0.2) is 4.98 Å². The number of alkyl halides is 1. The number of fused-ring (bicyclic) bond motifs is 1. The van der Waals surface area contributed by atoms with Gasteiger partial charge in [-0.2, -0.15) is 0 Å². The van der Waals surface area contributed by atoms with Crippen LogP contribution in [-0.4, -0.2) is 16.2 Å². The minimum Gasteiger partial charge on any atom is -0.494 e. The molecular weight excluding hydrogens is 248 g/mol. The Hall–Kier alpha value is -1.66. The summed E-state index contributed by atoms with van der Waals surface area (Å²) >= 11 is 5.88. The highest BCUT2D eigenvalue weighted by Crippen LogP contribution is 2.22. The first-order valence-electron chi connectivity index (χ1n) is 5.91. The Morgan fingerprint density at radius 2 is 2.33 bits per heavy atom. The fourth-order valence-electron chi connectivity index (χ4n) is 1.84. The summed E-state index contributed by atoms with van der Waals surface area (Å²) in [6.07, 6.45) is 6.35. The molecule has 0 atom stereocenters. The second-order valence-electron chi connectivity index (χ2n) is 3.95. The Morgan fingerprint density at radius 3 is 3.00 bits per heavy atom. The zero-order chi connectivity index (χ0) is 13.0. The minimum atomic E-state index is 0.349. The maximum atomic E-state index is 5.88. The zero-order valence-electron chi connectivity index (χ0n) is 10.3. The molecule has 2 rings (SSSR count). The molecule has 0 unspecified atom stereocenters. The third kappa shape index (κ3) is 2.44. The summed E-state index contributed by atoms with van der Waals surface area (Å²) in [5, 5.41) is 0. The van der Waals surface area contributed by atoms with Crippen molar-refractivity contribution in [2.24, 2.45) is 0 Å². The lowest BCUT2D eigenvalue weighted by Crippen LogP contribution is -2.00. The summed E-state index contributed by atoms with van der Waals surface area (Å²) in [6.45, 7) is 3.26. The van der Waals surface area contributed by atoms with Crippen molar-refractivity contribution in [2.75, 3.05) is 6.61 Å². The van der Waals surface area contributed by atoms with Gasteiger partial charge in [-0.15, -0.1) is 18.0 Å². The molecule has 3 nitrogen and oxygen atoms in total. The fraction of sp³-hybridized carbons (Fsp3) is 0.357. The largest absolute Gasteiger partial charge is 0.494 e. The van der Waals surface area contributed by atoms with E-state index in [-0.39, 0.29) is 0 Å². The fourth-order valence-corrected chi connectivity index (χ4v) is 2.04. The van der Waals surface area contributed by atoms with Crippen LogP contribution in [0.15, 0.2) is 18.2 Å². The van der Waals surface area contributed by atoms with Gasteiger partial charge in [0.1, 0.15) is 11.6 Å². The number of rotatable bonds is 5. The van der Waals surface area contributed by atoms with Crippen molar-refractivity contribution in [3.63, 3.8) is 0 Å². The number of imidazole rings is 1. The van der Waals surface area contributed by atoms with Crippen molar-refractivity contribution in [3.8, 4) is 18.1 Å². The number of benzene rings is 1. The van der Waals surface area contributed by atoms with E-state index in [9.17, 15) is 0 Å². The van der Waals surface area contributed by atoms with Crippen LogP contribution in [0.5, 0.6) is 5.75 Å². The van der Waals surface area contributed by atoms with Gasteiger partial charge in [0, 0.05) is 6.07 Å². The Kier molecular flexibility index (Phi) is 4.11. The van der Waals surface area contributed by atoms with Crippen LogP contribution in [0.4, 0.5) is 0 Å². The third-order valence-electron chi connectivity index (χ3n) is 2.64. The van der Waals surface area contributed by atoms with E-state index in [2.05, 4.69) is 17.8 Å². The van der Waals surface area contributed by atoms with Crippen LogP contribution in [-0.2, 0) is 12.4 Å². The molecule has 0 bridgehead atoms. The van der Waals surface area contributed by atoms with E-state index in [1.807, 2.05) is 22.8 Å². The second kappa shape index (κ2) is 5.79. The predicted molar refractivity (Wildman–Crippen MR) is 73.9 cm³/mol. The van der Waals surface area contributed by atoms with Crippen molar-refractivity contribution in [3.05, 3.63) is 24.0 Å². The molecule has 18 heavy (non-hydrogen) atoms. The zero-order valence-corrected chi connectivity index (χ0v) is 11.1. The Morgan fingerprint density at radius 1 is 1.50 bits per heavy atom. The molecule has 94 valence electrons. The topological polar surface area (TPSA) is 27.1 Å². The molecule has 0 spiro atoms. The van der Waals surface area contributed by atoms with E-state index in [1.54, 1.807) is 0 Å². The van der Waals surface area contributed by atoms with Crippen LogP contribution in [0.3, 0.4) is 0 Å². The normalized spacial score (nSPS) is 10.5.